The Bertz CT molecular complexity index is 465. The highest BCUT2D eigenvalue weighted by molar-refractivity contribution is 5.86. The second kappa shape index (κ2) is 5.81. The standard InChI is InChI=1S/C12H17N3O4/c1-8(15-10(11(16)17)7-13-14-15)12(18)19-9-5-3-2-4-6-9/h7-9H,2-6H2,1H3,(H,16,17). The molecule has 1 heterocycles. The molecule has 1 fully saturated rings. The van der Waals surface area contributed by atoms with Gasteiger partial charge in [-0.2, -0.15) is 0 Å². The molecule has 0 bridgehead atoms. The molecule has 0 aromatic carbocycles. The number of ether oxygens (including phenoxy) is 1. The molecule has 1 saturated carbocycles. The zero-order chi connectivity index (χ0) is 13.8. The summed E-state index contributed by atoms with van der Waals surface area (Å²) in [6.07, 6.45) is 6.12. The maximum Gasteiger partial charge on any atom is 0.355 e. The Morgan fingerprint density at radius 1 is 1.42 bits per heavy atom. The number of hydrogen-bond donors (Lipinski definition) is 1. The lowest BCUT2D eigenvalue weighted by atomic mass is 9.98. The molecule has 0 spiro atoms. The summed E-state index contributed by atoms with van der Waals surface area (Å²) in [4.78, 5) is 22.9. The van der Waals surface area contributed by atoms with E-state index < -0.39 is 18.0 Å². The number of aromatic carboxylic acids is 1. The number of carboxylic acid groups (broad SMARTS) is 1. The van der Waals surface area contributed by atoms with E-state index in [9.17, 15) is 9.59 Å². The molecule has 1 atom stereocenters. The van der Waals surface area contributed by atoms with Gasteiger partial charge in [0.15, 0.2) is 5.69 Å². The topological polar surface area (TPSA) is 94.3 Å². The van der Waals surface area contributed by atoms with Crippen LogP contribution in [-0.2, 0) is 9.53 Å². The number of esters is 1. The SMILES string of the molecule is CC(C(=O)OC1CCCCC1)n1nncc1C(=O)O. The summed E-state index contributed by atoms with van der Waals surface area (Å²) in [6, 6.07) is -0.782. The van der Waals surface area contributed by atoms with Gasteiger partial charge in [-0.3, -0.25) is 0 Å². The predicted octanol–water partition coefficient (Wildman–Crippen LogP) is 1.41. The molecular weight excluding hydrogens is 250 g/mol. The van der Waals surface area contributed by atoms with Gasteiger partial charge in [0.05, 0.1) is 6.20 Å². The van der Waals surface area contributed by atoms with E-state index in [1.54, 1.807) is 6.92 Å². The molecule has 1 N–H and O–H groups in total. The van der Waals surface area contributed by atoms with Crippen molar-refractivity contribution in [2.24, 2.45) is 0 Å². The quantitative estimate of drug-likeness (QED) is 0.829. The van der Waals surface area contributed by atoms with Gasteiger partial charge in [-0.15, -0.1) is 5.10 Å². The zero-order valence-electron chi connectivity index (χ0n) is 10.8. The molecule has 1 aliphatic carbocycles. The number of carboxylic acids is 1. The smallest absolute Gasteiger partial charge is 0.355 e. The Hall–Kier alpha value is -1.92. The second-order valence-electron chi connectivity index (χ2n) is 4.74. The van der Waals surface area contributed by atoms with Crippen molar-refractivity contribution in [2.75, 3.05) is 0 Å². The van der Waals surface area contributed by atoms with Crippen molar-refractivity contribution in [3.05, 3.63) is 11.9 Å². The molecule has 1 aliphatic rings. The number of aromatic nitrogens is 3. The average Bonchev–Trinajstić information content (AvgIpc) is 2.88. The number of rotatable bonds is 4. The van der Waals surface area contributed by atoms with Crippen LogP contribution in [0, 0.1) is 0 Å². The fourth-order valence-corrected chi connectivity index (χ4v) is 2.23. The van der Waals surface area contributed by atoms with Crippen LogP contribution < -0.4 is 0 Å². The lowest BCUT2D eigenvalue weighted by Crippen LogP contribution is -2.28. The van der Waals surface area contributed by atoms with Gasteiger partial charge in [-0.05, 0) is 32.6 Å². The van der Waals surface area contributed by atoms with Gasteiger partial charge in [-0.25, -0.2) is 14.3 Å². The van der Waals surface area contributed by atoms with Gasteiger partial charge in [-0.1, -0.05) is 11.6 Å². The molecule has 0 radical (unpaired) electrons. The minimum Gasteiger partial charge on any atom is -0.476 e. The molecule has 1 unspecified atom stereocenters. The summed E-state index contributed by atoms with van der Waals surface area (Å²) in [5, 5.41) is 16.1. The van der Waals surface area contributed by atoms with Crippen molar-refractivity contribution < 1.29 is 19.4 Å². The van der Waals surface area contributed by atoms with E-state index >= 15 is 0 Å². The number of carbonyl (C=O) groups is 2. The Balaban J connectivity index is 2.01. The van der Waals surface area contributed by atoms with Crippen LogP contribution in [0.1, 0.15) is 55.6 Å². The Labute approximate surface area is 110 Å². The molecular formula is C12H17N3O4. The van der Waals surface area contributed by atoms with Crippen molar-refractivity contribution in [2.45, 2.75) is 51.2 Å². The third-order valence-corrected chi connectivity index (χ3v) is 3.34. The minimum absolute atomic E-state index is 0.0551. The molecule has 1 aromatic heterocycles. The fraction of sp³-hybridized carbons (Fsp3) is 0.667. The first-order valence-corrected chi connectivity index (χ1v) is 6.43. The monoisotopic (exact) mass is 267 g/mol. The van der Waals surface area contributed by atoms with Crippen LogP contribution in [0.2, 0.25) is 0 Å². The summed E-state index contributed by atoms with van der Waals surface area (Å²) < 4.78 is 6.47. The molecule has 0 amide bonds. The lowest BCUT2D eigenvalue weighted by molar-refractivity contribution is -0.154. The van der Waals surface area contributed by atoms with Crippen molar-refractivity contribution in [3.63, 3.8) is 0 Å². The summed E-state index contributed by atoms with van der Waals surface area (Å²) in [5.74, 6) is -1.62. The van der Waals surface area contributed by atoms with Crippen molar-refractivity contribution >= 4 is 11.9 Å². The van der Waals surface area contributed by atoms with E-state index in [0.29, 0.717) is 0 Å². The first-order chi connectivity index (χ1) is 9.09. The van der Waals surface area contributed by atoms with Gasteiger partial charge in [0.25, 0.3) is 0 Å². The first kappa shape index (κ1) is 13.5. The maximum atomic E-state index is 12.0. The minimum atomic E-state index is -1.16. The van der Waals surface area contributed by atoms with E-state index in [-0.39, 0.29) is 11.8 Å². The first-order valence-electron chi connectivity index (χ1n) is 6.43. The number of nitrogens with zero attached hydrogens (tertiary/aromatic N) is 3. The van der Waals surface area contributed by atoms with Gasteiger partial charge < -0.3 is 9.84 Å². The molecule has 19 heavy (non-hydrogen) atoms. The Morgan fingerprint density at radius 3 is 2.74 bits per heavy atom. The molecule has 1 aromatic rings. The highest BCUT2D eigenvalue weighted by Gasteiger charge is 2.26. The second-order valence-corrected chi connectivity index (χ2v) is 4.74. The lowest BCUT2D eigenvalue weighted by Gasteiger charge is -2.23. The van der Waals surface area contributed by atoms with Crippen LogP contribution in [0.4, 0.5) is 0 Å². The zero-order valence-corrected chi connectivity index (χ0v) is 10.8. The number of hydrogen-bond acceptors (Lipinski definition) is 5. The van der Waals surface area contributed by atoms with E-state index in [1.165, 1.54) is 6.42 Å². The molecule has 0 saturated heterocycles. The Kier molecular flexibility index (Phi) is 4.13. The van der Waals surface area contributed by atoms with Crippen molar-refractivity contribution in [3.8, 4) is 0 Å². The van der Waals surface area contributed by atoms with E-state index in [2.05, 4.69) is 10.3 Å². The summed E-state index contributed by atoms with van der Waals surface area (Å²) in [6.45, 7) is 1.56. The molecule has 104 valence electrons. The van der Waals surface area contributed by atoms with Crippen molar-refractivity contribution in [1.82, 2.24) is 15.0 Å². The van der Waals surface area contributed by atoms with Gasteiger partial charge >= 0.3 is 11.9 Å². The fourth-order valence-electron chi connectivity index (χ4n) is 2.23. The largest absolute Gasteiger partial charge is 0.476 e. The van der Waals surface area contributed by atoms with E-state index in [0.717, 1.165) is 36.6 Å². The Morgan fingerprint density at radius 2 is 2.11 bits per heavy atom. The van der Waals surface area contributed by atoms with Crippen LogP contribution in [0.15, 0.2) is 6.20 Å². The van der Waals surface area contributed by atoms with Crippen LogP contribution in [-0.4, -0.2) is 38.1 Å². The summed E-state index contributed by atoms with van der Waals surface area (Å²) in [7, 11) is 0. The highest BCUT2D eigenvalue weighted by Crippen LogP contribution is 2.22. The summed E-state index contributed by atoms with van der Waals surface area (Å²) in [5.41, 5.74) is -0.118. The summed E-state index contributed by atoms with van der Waals surface area (Å²) >= 11 is 0. The average molecular weight is 267 g/mol. The van der Waals surface area contributed by atoms with Gasteiger partial charge in [0.1, 0.15) is 12.1 Å². The molecule has 7 nitrogen and oxygen atoms in total. The normalized spacial score (nSPS) is 17.9. The van der Waals surface area contributed by atoms with Gasteiger partial charge in [0, 0.05) is 0 Å². The van der Waals surface area contributed by atoms with Crippen molar-refractivity contribution in [1.29, 1.82) is 0 Å². The van der Waals surface area contributed by atoms with E-state index in [1.807, 2.05) is 0 Å². The van der Waals surface area contributed by atoms with Gasteiger partial charge in [0.2, 0.25) is 0 Å². The number of carbonyl (C=O) groups excluding carboxylic acids is 1. The van der Waals surface area contributed by atoms with E-state index in [4.69, 9.17) is 9.84 Å². The molecule has 2 rings (SSSR count). The highest BCUT2D eigenvalue weighted by atomic mass is 16.5. The van der Waals surface area contributed by atoms with Crippen LogP contribution in [0.5, 0.6) is 0 Å². The van der Waals surface area contributed by atoms with Crippen LogP contribution in [0.25, 0.3) is 0 Å². The molecule has 0 aliphatic heterocycles. The van der Waals surface area contributed by atoms with Crippen LogP contribution in [0.3, 0.4) is 0 Å². The van der Waals surface area contributed by atoms with Crippen LogP contribution >= 0.6 is 0 Å². The third-order valence-electron chi connectivity index (χ3n) is 3.34. The third kappa shape index (κ3) is 3.10. The maximum absolute atomic E-state index is 12.0. The predicted molar refractivity (Wildman–Crippen MR) is 64.7 cm³/mol. The molecule has 7 heteroatoms.